The number of aromatic nitrogens is 1. The maximum absolute atomic E-state index is 13.9. The molecule has 0 spiro atoms. The van der Waals surface area contributed by atoms with Crippen molar-refractivity contribution in [1.82, 2.24) is 4.57 Å². The van der Waals surface area contributed by atoms with E-state index in [1.54, 1.807) is 36.4 Å². The summed E-state index contributed by atoms with van der Waals surface area (Å²) in [5.74, 6) is 0.888. The lowest BCUT2D eigenvalue weighted by atomic mass is 9.97. The smallest absolute Gasteiger partial charge is 0.337 e. The van der Waals surface area contributed by atoms with Gasteiger partial charge in [0.2, 0.25) is 0 Å². The number of methoxy groups -OCH3 is 1. The van der Waals surface area contributed by atoms with Gasteiger partial charge in [-0.05, 0) is 63.6 Å². The molecule has 8 nitrogen and oxygen atoms in total. The Morgan fingerprint density at radius 2 is 1.85 bits per heavy atom. The summed E-state index contributed by atoms with van der Waals surface area (Å²) in [6, 6.07) is 7.79. The molecule has 2 aromatic carbocycles. The summed E-state index contributed by atoms with van der Waals surface area (Å²) in [6.07, 6.45) is 2.95. The van der Waals surface area contributed by atoms with Crippen molar-refractivity contribution >= 4 is 46.6 Å². The molecule has 0 saturated heterocycles. The quantitative estimate of drug-likeness (QED) is 0.329. The van der Waals surface area contributed by atoms with E-state index in [1.807, 2.05) is 27.7 Å². The van der Waals surface area contributed by atoms with Crippen LogP contribution in [0.1, 0.15) is 44.9 Å². The highest BCUT2D eigenvalue weighted by Crippen LogP contribution is 2.36. The molecule has 2 heterocycles. The molecule has 0 aliphatic carbocycles. The van der Waals surface area contributed by atoms with Gasteiger partial charge in [0.1, 0.15) is 5.75 Å². The van der Waals surface area contributed by atoms with Crippen molar-refractivity contribution in [2.24, 2.45) is 4.99 Å². The second kappa shape index (κ2) is 12.3. The Labute approximate surface area is 239 Å². The lowest BCUT2D eigenvalue weighted by molar-refractivity contribution is -0.136. The molecule has 0 amide bonds. The molecule has 1 aliphatic rings. The van der Waals surface area contributed by atoms with E-state index < -0.39 is 12.0 Å². The predicted molar refractivity (Wildman–Crippen MR) is 152 cm³/mol. The predicted octanol–water partition coefficient (Wildman–Crippen LogP) is 4.91. The average molecular weight is 592 g/mol. The minimum Gasteiger partial charge on any atom is -0.490 e. The van der Waals surface area contributed by atoms with Crippen LogP contribution in [0.25, 0.3) is 6.08 Å². The normalized spacial score (nSPS) is 14.9. The van der Waals surface area contributed by atoms with Crippen LogP contribution < -0.4 is 29.1 Å². The van der Waals surface area contributed by atoms with E-state index in [1.165, 1.54) is 29.2 Å². The van der Waals surface area contributed by atoms with Crippen molar-refractivity contribution in [1.29, 1.82) is 0 Å². The molecule has 1 atom stereocenters. The highest BCUT2D eigenvalue weighted by atomic mass is 35.5. The molecular weight excluding hydrogens is 563 g/mol. The Hall–Kier alpha value is -3.27. The van der Waals surface area contributed by atoms with Crippen LogP contribution in [0.4, 0.5) is 0 Å². The lowest BCUT2D eigenvalue weighted by Gasteiger charge is -2.23. The number of hydrogen-bond acceptors (Lipinski definition) is 8. The maximum Gasteiger partial charge on any atom is 0.337 e. The van der Waals surface area contributed by atoms with Crippen LogP contribution in [0.3, 0.4) is 0 Å². The number of carbonyl (C=O) groups excluding carboxylic acids is 1. The molecule has 0 saturated carbocycles. The molecule has 3 aromatic rings. The Kier molecular flexibility index (Phi) is 9.04. The third kappa shape index (κ3) is 6.00. The van der Waals surface area contributed by atoms with Crippen LogP contribution in [-0.2, 0) is 9.53 Å². The van der Waals surface area contributed by atoms with E-state index in [2.05, 4.69) is 4.99 Å². The number of rotatable bonds is 9. The van der Waals surface area contributed by atoms with Crippen molar-refractivity contribution in [3.05, 3.63) is 83.0 Å². The summed E-state index contributed by atoms with van der Waals surface area (Å²) in [4.78, 5) is 31.5. The van der Waals surface area contributed by atoms with Crippen molar-refractivity contribution < 1.29 is 23.7 Å². The molecule has 1 aromatic heterocycles. The van der Waals surface area contributed by atoms with Gasteiger partial charge in [0, 0.05) is 16.8 Å². The second-order valence-electron chi connectivity index (χ2n) is 8.72. The van der Waals surface area contributed by atoms with Gasteiger partial charge >= 0.3 is 5.97 Å². The Balaban J connectivity index is 1.93. The fourth-order valence-corrected chi connectivity index (χ4v) is 5.69. The molecule has 1 aliphatic heterocycles. The molecule has 39 heavy (non-hydrogen) atoms. The van der Waals surface area contributed by atoms with Crippen LogP contribution in [0.2, 0.25) is 10.0 Å². The molecule has 0 bridgehead atoms. The first kappa shape index (κ1) is 28.7. The SMILES string of the molecule is CCOc1ccc([C@H]2C(C(=O)OC)=CN=c3s/c(=C/c4cc(Cl)cc(Cl)c4OC(C)C)c(=O)n32)cc1OCC. The van der Waals surface area contributed by atoms with Gasteiger partial charge in [-0.25, -0.2) is 9.79 Å². The summed E-state index contributed by atoms with van der Waals surface area (Å²) >= 11 is 13.9. The van der Waals surface area contributed by atoms with Crippen molar-refractivity contribution in [3.8, 4) is 17.2 Å². The number of nitrogens with zero attached hydrogens (tertiary/aromatic N) is 2. The molecule has 206 valence electrons. The molecule has 4 rings (SSSR count). The molecule has 11 heteroatoms. The second-order valence-corrected chi connectivity index (χ2v) is 10.6. The number of carbonyl (C=O) groups is 1. The third-order valence-electron chi connectivity index (χ3n) is 5.69. The summed E-state index contributed by atoms with van der Waals surface area (Å²) in [5.41, 5.74) is 1.04. The number of ether oxygens (including phenoxy) is 4. The standard InChI is InChI=1S/C28H28Cl2N2O6S/c1-6-36-21-9-8-16(11-22(21)37-7-2)24-19(27(34)35-5)14-31-28-32(24)26(33)23(39-28)12-17-10-18(29)13-20(30)25(17)38-15(3)4/h8-15,24H,6-7H2,1-5H3/b23-12+/t24-/m0/s1. The van der Waals surface area contributed by atoms with E-state index in [-0.39, 0.29) is 17.2 Å². The Bertz CT molecular complexity index is 1610. The molecular formula is C28H28Cl2N2O6S. The fraction of sp³-hybridized carbons (Fsp3) is 0.321. The first-order valence-electron chi connectivity index (χ1n) is 12.3. The summed E-state index contributed by atoms with van der Waals surface area (Å²) in [5, 5.41) is 0.734. The van der Waals surface area contributed by atoms with Gasteiger partial charge in [0.25, 0.3) is 5.56 Å². The van der Waals surface area contributed by atoms with E-state index in [4.69, 9.17) is 42.1 Å². The van der Waals surface area contributed by atoms with Crippen molar-refractivity contribution in [2.45, 2.75) is 39.8 Å². The largest absolute Gasteiger partial charge is 0.490 e. The van der Waals surface area contributed by atoms with Crippen LogP contribution in [0.5, 0.6) is 17.2 Å². The van der Waals surface area contributed by atoms with Gasteiger partial charge in [-0.3, -0.25) is 9.36 Å². The minimum atomic E-state index is -0.805. The number of thiazole rings is 1. The number of esters is 1. The topological polar surface area (TPSA) is 88.4 Å². The monoisotopic (exact) mass is 590 g/mol. The van der Waals surface area contributed by atoms with E-state index in [9.17, 15) is 9.59 Å². The van der Waals surface area contributed by atoms with E-state index >= 15 is 0 Å². The summed E-state index contributed by atoms with van der Waals surface area (Å²) in [7, 11) is 1.29. The van der Waals surface area contributed by atoms with Gasteiger partial charge in [-0.2, -0.15) is 0 Å². The van der Waals surface area contributed by atoms with Crippen molar-refractivity contribution in [2.75, 3.05) is 20.3 Å². The molecule has 0 fully saturated rings. The van der Waals surface area contributed by atoms with E-state index in [0.29, 0.717) is 61.0 Å². The van der Waals surface area contributed by atoms with Crippen LogP contribution in [-0.4, -0.2) is 37.0 Å². The number of halogens is 2. The molecule has 0 N–H and O–H groups in total. The zero-order valence-corrected chi connectivity index (χ0v) is 24.4. The maximum atomic E-state index is 13.9. The van der Waals surface area contributed by atoms with Crippen molar-refractivity contribution in [3.63, 3.8) is 0 Å². The number of benzene rings is 2. The van der Waals surface area contributed by atoms with E-state index in [0.717, 1.165) is 0 Å². The van der Waals surface area contributed by atoms with Gasteiger partial charge in [0.05, 0.1) is 47.6 Å². The summed E-state index contributed by atoms with van der Waals surface area (Å²) in [6.45, 7) is 8.37. The van der Waals surface area contributed by atoms with Crippen LogP contribution in [0, 0.1) is 0 Å². The van der Waals surface area contributed by atoms with Gasteiger partial charge in [-0.1, -0.05) is 40.6 Å². The highest BCUT2D eigenvalue weighted by Gasteiger charge is 2.31. The highest BCUT2D eigenvalue weighted by molar-refractivity contribution is 7.07. The lowest BCUT2D eigenvalue weighted by Crippen LogP contribution is -2.39. The summed E-state index contributed by atoms with van der Waals surface area (Å²) < 4.78 is 24.3. The minimum absolute atomic E-state index is 0.154. The van der Waals surface area contributed by atoms with Crippen LogP contribution >= 0.6 is 34.5 Å². The molecule has 0 radical (unpaired) electrons. The Morgan fingerprint density at radius 3 is 2.51 bits per heavy atom. The Morgan fingerprint density at radius 1 is 1.13 bits per heavy atom. The number of fused-ring (bicyclic) bond motifs is 1. The zero-order chi connectivity index (χ0) is 28.3. The molecule has 0 unspecified atom stereocenters. The van der Waals surface area contributed by atoms with Gasteiger partial charge in [0.15, 0.2) is 16.3 Å². The number of hydrogen-bond donors (Lipinski definition) is 0. The first-order chi connectivity index (χ1) is 18.7. The van der Waals surface area contributed by atoms with Gasteiger partial charge < -0.3 is 18.9 Å². The zero-order valence-electron chi connectivity index (χ0n) is 22.1. The third-order valence-corrected chi connectivity index (χ3v) is 7.18. The average Bonchev–Trinajstić information content (AvgIpc) is 3.21. The first-order valence-corrected chi connectivity index (χ1v) is 13.9. The van der Waals surface area contributed by atoms with Gasteiger partial charge in [-0.15, -0.1) is 0 Å². The fourth-order valence-electron chi connectivity index (χ4n) is 4.18. The van der Waals surface area contributed by atoms with Crippen LogP contribution in [0.15, 0.2) is 51.9 Å².